The van der Waals surface area contributed by atoms with Gasteiger partial charge in [0.1, 0.15) is 0 Å². The first-order valence-electron chi connectivity index (χ1n) is 4.92. The van der Waals surface area contributed by atoms with Crippen molar-refractivity contribution in [1.29, 1.82) is 0 Å². The van der Waals surface area contributed by atoms with Gasteiger partial charge in [-0.2, -0.15) is 12.6 Å². The molecule has 0 aromatic heterocycles. The number of nitrogens with two attached hydrogens (primary N) is 1. The maximum Gasteiger partial charge on any atom is 0.0315 e. The van der Waals surface area contributed by atoms with Crippen LogP contribution >= 0.6 is 12.6 Å². The number of thiol groups is 1. The van der Waals surface area contributed by atoms with E-state index >= 15 is 0 Å². The molecule has 0 amide bonds. The molecule has 2 N–H and O–H groups in total. The Balaban J connectivity index is 2.87. The molecular formula is C12H19NS. The second kappa shape index (κ2) is 4.37. The second-order valence-corrected chi connectivity index (χ2v) is 5.23. The van der Waals surface area contributed by atoms with E-state index in [1.54, 1.807) is 0 Å². The molecule has 14 heavy (non-hydrogen) atoms. The molecule has 0 saturated carbocycles. The Bertz CT molecular complexity index is 284. The van der Waals surface area contributed by atoms with Crippen molar-refractivity contribution in [3.63, 3.8) is 0 Å². The van der Waals surface area contributed by atoms with Gasteiger partial charge in [0.15, 0.2) is 0 Å². The van der Waals surface area contributed by atoms with Gasteiger partial charge in [0.25, 0.3) is 0 Å². The van der Waals surface area contributed by atoms with Crippen molar-refractivity contribution in [2.24, 2.45) is 11.1 Å². The van der Waals surface area contributed by atoms with Crippen LogP contribution in [0.1, 0.15) is 37.1 Å². The lowest BCUT2D eigenvalue weighted by molar-refractivity contribution is 0.403. The molecule has 1 aromatic rings. The summed E-state index contributed by atoms with van der Waals surface area (Å²) in [5.41, 5.74) is 8.16. The lowest BCUT2D eigenvalue weighted by Gasteiger charge is -2.26. The molecule has 0 aliphatic heterocycles. The normalized spacial score (nSPS) is 14.1. The largest absolute Gasteiger partial charge is 0.326 e. The molecule has 1 aromatic carbocycles. The molecule has 0 spiro atoms. The molecule has 2 heteroatoms. The summed E-state index contributed by atoms with van der Waals surface area (Å²) in [5.74, 6) is 0. The van der Waals surface area contributed by atoms with Gasteiger partial charge in [0.2, 0.25) is 0 Å². The molecule has 1 atom stereocenters. The smallest absolute Gasteiger partial charge is 0.0315 e. The zero-order valence-electron chi connectivity index (χ0n) is 9.12. The van der Waals surface area contributed by atoms with E-state index < -0.39 is 0 Å². The minimum Gasteiger partial charge on any atom is -0.326 e. The number of hydrogen-bond acceptors (Lipinski definition) is 2. The maximum absolute atomic E-state index is 5.54. The van der Waals surface area contributed by atoms with Crippen LogP contribution in [0.25, 0.3) is 0 Å². The zero-order chi connectivity index (χ0) is 10.8. The Labute approximate surface area is 92.1 Å². The molecule has 0 bridgehead atoms. The van der Waals surface area contributed by atoms with Crippen LogP contribution in [0.3, 0.4) is 0 Å². The van der Waals surface area contributed by atoms with Crippen molar-refractivity contribution in [3.05, 3.63) is 35.4 Å². The van der Waals surface area contributed by atoms with Crippen LogP contribution in [-0.2, 0) is 6.54 Å². The lowest BCUT2D eigenvalue weighted by Crippen LogP contribution is -2.13. The van der Waals surface area contributed by atoms with Crippen molar-refractivity contribution in [1.82, 2.24) is 0 Å². The lowest BCUT2D eigenvalue weighted by atomic mass is 9.87. The topological polar surface area (TPSA) is 26.0 Å². The summed E-state index contributed by atoms with van der Waals surface area (Å²) in [5, 5.41) is 0.273. The summed E-state index contributed by atoms with van der Waals surface area (Å²) in [4.78, 5) is 0. The average Bonchev–Trinajstić information content (AvgIpc) is 2.15. The Hall–Kier alpha value is -0.470. The summed E-state index contributed by atoms with van der Waals surface area (Å²) in [6.45, 7) is 7.19. The zero-order valence-corrected chi connectivity index (χ0v) is 10.0. The average molecular weight is 209 g/mol. The molecule has 78 valence electrons. The summed E-state index contributed by atoms with van der Waals surface area (Å²) in [6.07, 6.45) is 0. The van der Waals surface area contributed by atoms with Crippen LogP contribution in [0.2, 0.25) is 0 Å². The number of rotatable bonds is 2. The molecule has 0 radical (unpaired) electrons. The third kappa shape index (κ3) is 2.76. The van der Waals surface area contributed by atoms with Gasteiger partial charge in [0, 0.05) is 11.8 Å². The van der Waals surface area contributed by atoms with Crippen LogP contribution in [0.4, 0.5) is 0 Å². The van der Waals surface area contributed by atoms with E-state index in [-0.39, 0.29) is 10.7 Å². The number of hydrogen-bond donors (Lipinski definition) is 2. The highest BCUT2D eigenvalue weighted by molar-refractivity contribution is 7.80. The minimum absolute atomic E-state index is 0.188. The predicted octanol–water partition coefficient (Wildman–Crippen LogP) is 3.16. The van der Waals surface area contributed by atoms with Crippen LogP contribution in [0.15, 0.2) is 24.3 Å². The van der Waals surface area contributed by atoms with Gasteiger partial charge < -0.3 is 5.73 Å². The predicted molar refractivity (Wildman–Crippen MR) is 65.5 cm³/mol. The van der Waals surface area contributed by atoms with Crippen molar-refractivity contribution in [3.8, 4) is 0 Å². The maximum atomic E-state index is 5.54. The summed E-state index contributed by atoms with van der Waals surface area (Å²) in [6, 6.07) is 8.38. The molecule has 0 heterocycles. The van der Waals surface area contributed by atoms with Crippen LogP contribution < -0.4 is 5.73 Å². The minimum atomic E-state index is 0.188. The first-order chi connectivity index (χ1) is 6.45. The van der Waals surface area contributed by atoms with E-state index in [0.29, 0.717) is 6.54 Å². The van der Waals surface area contributed by atoms with E-state index in [0.717, 1.165) is 0 Å². The van der Waals surface area contributed by atoms with E-state index in [9.17, 15) is 0 Å². The second-order valence-electron chi connectivity index (χ2n) is 4.71. The van der Waals surface area contributed by atoms with Crippen molar-refractivity contribution in [2.45, 2.75) is 32.6 Å². The molecular weight excluding hydrogens is 190 g/mol. The third-order valence-corrected chi connectivity index (χ3v) is 3.42. The fourth-order valence-corrected chi connectivity index (χ4v) is 1.51. The summed E-state index contributed by atoms with van der Waals surface area (Å²) in [7, 11) is 0. The van der Waals surface area contributed by atoms with Crippen molar-refractivity contribution >= 4 is 12.6 Å². The SMILES string of the molecule is CC(C)(C)C(S)c1ccc(CN)cc1. The van der Waals surface area contributed by atoms with Crippen LogP contribution in [0, 0.1) is 5.41 Å². The molecule has 0 fully saturated rings. The van der Waals surface area contributed by atoms with Crippen molar-refractivity contribution in [2.75, 3.05) is 0 Å². The Morgan fingerprint density at radius 3 is 2.07 bits per heavy atom. The standard InChI is InChI=1S/C12H19NS/c1-12(2,3)11(14)10-6-4-9(8-13)5-7-10/h4-7,11,14H,8,13H2,1-3H3. The van der Waals surface area contributed by atoms with Gasteiger partial charge in [-0.3, -0.25) is 0 Å². The first kappa shape index (κ1) is 11.6. The number of benzene rings is 1. The summed E-state index contributed by atoms with van der Waals surface area (Å²) < 4.78 is 0. The highest BCUT2D eigenvalue weighted by atomic mass is 32.1. The first-order valence-corrected chi connectivity index (χ1v) is 5.44. The molecule has 0 aliphatic rings. The Morgan fingerprint density at radius 2 is 1.71 bits per heavy atom. The monoisotopic (exact) mass is 209 g/mol. The van der Waals surface area contributed by atoms with E-state index in [1.165, 1.54) is 11.1 Å². The highest BCUT2D eigenvalue weighted by Gasteiger charge is 2.22. The fraction of sp³-hybridized carbons (Fsp3) is 0.500. The quantitative estimate of drug-likeness (QED) is 0.719. The Kier molecular flexibility index (Phi) is 3.62. The van der Waals surface area contributed by atoms with Gasteiger partial charge in [-0.1, -0.05) is 45.0 Å². The van der Waals surface area contributed by atoms with Gasteiger partial charge in [0.05, 0.1) is 0 Å². The van der Waals surface area contributed by atoms with Crippen LogP contribution in [0.5, 0.6) is 0 Å². The third-order valence-electron chi connectivity index (χ3n) is 2.35. The summed E-state index contributed by atoms with van der Waals surface area (Å²) >= 11 is 4.63. The molecule has 1 rings (SSSR count). The van der Waals surface area contributed by atoms with Crippen molar-refractivity contribution < 1.29 is 0 Å². The molecule has 0 saturated heterocycles. The highest BCUT2D eigenvalue weighted by Crippen LogP contribution is 2.37. The molecule has 1 nitrogen and oxygen atoms in total. The van der Waals surface area contributed by atoms with E-state index in [2.05, 4.69) is 57.7 Å². The van der Waals surface area contributed by atoms with E-state index in [4.69, 9.17) is 5.73 Å². The van der Waals surface area contributed by atoms with Gasteiger partial charge in [-0.25, -0.2) is 0 Å². The molecule has 1 unspecified atom stereocenters. The van der Waals surface area contributed by atoms with Gasteiger partial charge >= 0.3 is 0 Å². The van der Waals surface area contributed by atoms with Gasteiger partial charge in [-0.05, 0) is 16.5 Å². The van der Waals surface area contributed by atoms with E-state index in [1.807, 2.05) is 0 Å². The Morgan fingerprint density at radius 1 is 1.21 bits per heavy atom. The van der Waals surface area contributed by atoms with Gasteiger partial charge in [-0.15, -0.1) is 0 Å². The van der Waals surface area contributed by atoms with Crippen LogP contribution in [-0.4, -0.2) is 0 Å². The molecule has 0 aliphatic carbocycles. The fourth-order valence-electron chi connectivity index (χ4n) is 1.34.